The van der Waals surface area contributed by atoms with E-state index in [-0.39, 0.29) is 29.8 Å². The number of hydrogen-bond acceptors (Lipinski definition) is 4. The number of halogens is 1. The van der Waals surface area contributed by atoms with E-state index in [1.165, 1.54) is 29.2 Å². The first-order chi connectivity index (χ1) is 21.5. The third kappa shape index (κ3) is 8.57. The SMILES string of the molecule is CCc1ccccc1N(CC(=O)N(Cc1ccc(F)cc1)C(Cc1ccccc1)C(=O)NC(C)C)S(=O)(=O)c1ccc(C)cc1. The van der Waals surface area contributed by atoms with E-state index >= 15 is 0 Å². The molecule has 0 aliphatic carbocycles. The van der Waals surface area contributed by atoms with Crippen molar-refractivity contribution < 1.29 is 22.4 Å². The summed E-state index contributed by atoms with van der Waals surface area (Å²) in [7, 11) is -4.20. The summed E-state index contributed by atoms with van der Waals surface area (Å²) in [4.78, 5) is 29.7. The molecule has 0 radical (unpaired) electrons. The Morgan fingerprint density at radius 3 is 2.07 bits per heavy atom. The zero-order valence-corrected chi connectivity index (χ0v) is 26.9. The monoisotopic (exact) mass is 629 g/mol. The fraction of sp³-hybridized carbons (Fsp3) is 0.278. The first-order valence-corrected chi connectivity index (χ1v) is 16.5. The zero-order chi connectivity index (χ0) is 32.6. The summed E-state index contributed by atoms with van der Waals surface area (Å²) < 4.78 is 43.4. The van der Waals surface area contributed by atoms with Gasteiger partial charge in [-0.1, -0.05) is 85.3 Å². The topological polar surface area (TPSA) is 86.8 Å². The average Bonchev–Trinajstić information content (AvgIpc) is 3.02. The maximum atomic E-state index is 14.5. The van der Waals surface area contributed by atoms with E-state index in [0.717, 1.165) is 21.0 Å². The van der Waals surface area contributed by atoms with Crippen molar-refractivity contribution in [2.45, 2.75) is 64.1 Å². The lowest BCUT2D eigenvalue weighted by Crippen LogP contribution is -2.54. The molecule has 4 aromatic carbocycles. The highest BCUT2D eigenvalue weighted by Crippen LogP contribution is 2.29. The maximum absolute atomic E-state index is 14.5. The number of benzene rings is 4. The van der Waals surface area contributed by atoms with E-state index in [2.05, 4.69) is 5.32 Å². The summed E-state index contributed by atoms with van der Waals surface area (Å²) in [6, 6.07) is 27.4. The van der Waals surface area contributed by atoms with Crippen LogP contribution in [0.5, 0.6) is 0 Å². The zero-order valence-electron chi connectivity index (χ0n) is 26.1. The molecule has 0 aliphatic heterocycles. The van der Waals surface area contributed by atoms with Crippen LogP contribution < -0.4 is 9.62 Å². The van der Waals surface area contributed by atoms with Crippen LogP contribution in [0.3, 0.4) is 0 Å². The van der Waals surface area contributed by atoms with Gasteiger partial charge in [0.2, 0.25) is 11.8 Å². The minimum Gasteiger partial charge on any atom is -0.352 e. The fourth-order valence-corrected chi connectivity index (χ4v) is 6.58. The molecule has 0 saturated carbocycles. The third-order valence-corrected chi connectivity index (χ3v) is 9.27. The van der Waals surface area contributed by atoms with E-state index in [4.69, 9.17) is 0 Å². The molecule has 9 heteroatoms. The molecule has 1 N–H and O–H groups in total. The molecule has 2 amide bonds. The number of sulfonamides is 1. The second-order valence-corrected chi connectivity index (χ2v) is 13.2. The standard InChI is InChI=1S/C36H40FN3O4S/c1-5-30-13-9-10-14-33(30)40(45(43,44)32-21-15-27(4)16-22-32)25-35(41)39(24-29-17-19-31(37)20-18-29)34(36(42)38-26(2)3)23-28-11-7-6-8-12-28/h6-22,26,34H,5,23-25H2,1-4H3,(H,38,42). The molecule has 7 nitrogen and oxygen atoms in total. The second kappa shape index (κ2) is 15.0. The Kier molecular flexibility index (Phi) is 11.1. The van der Waals surface area contributed by atoms with Crippen molar-refractivity contribution in [1.29, 1.82) is 0 Å². The van der Waals surface area contributed by atoms with Gasteiger partial charge < -0.3 is 10.2 Å². The van der Waals surface area contributed by atoms with Gasteiger partial charge in [-0.3, -0.25) is 13.9 Å². The number of rotatable bonds is 13. The number of carbonyl (C=O) groups is 2. The molecule has 236 valence electrons. The van der Waals surface area contributed by atoms with Gasteiger partial charge in [0, 0.05) is 19.0 Å². The Hall–Kier alpha value is -4.50. The smallest absolute Gasteiger partial charge is 0.264 e. The van der Waals surface area contributed by atoms with Crippen LogP contribution in [0, 0.1) is 12.7 Å². The molecule has 1 atom stereocenters. The Morgan fingerprint density at radius 1 is 0.822 bits per heavy atom. The highest BCUT2D eigenvalue weighted by Gasteiger charge is 2.35. The Bertz CT molecular complexity index is 1690. The van der Waals surface area contributed by atoms with Gasteiger partial charge >= 0.3 is 0 Å². The molecule has 0 fully saturated rings. The van der Waals surface area contributed by atoms with Gasteiger partial charge in [-0.25, -0.2) is 12.8 Å². The van der Waals surface area contributed by atoms with Crippen molar-refractivity contribution in [3.63, 3.8) is 0 Å². The first kappa shape index (κ1) is 33.4. The van der Waals surface area contributed by atoms with Gasteiger partial charge in [0.05, 0.1) is 10.6 Å². The molecule has 1 unspecified atom stereocenters. The van der Waals surface area contributed by atoms with Crippen molar-refractivity contribution in [3.8, 4) is 0 Å². The second-order valence-electron chi connectivity index (χ2n) is 11.3. The summed E-state index contributed by atoms with van der Waals surface area (Å²) in [6.07, 6.45) is 0.736. The predicted octanol–water partition coefficient (Wildman–Crippen LogP) is 6.06. The predicted molar refractivity (Wildman–Crippen MR) is 176 cm³/mol. The summed E-state index contributed by atoms with van der Waals surface area (Å²) in [5, 5.41) is 2.93. The van der Waals surface area contributed by atoms with Crippen LogP contribution in [0.4, 0.5) is 10.1 Å². The van der Waals surface area contributed by atoms with Crippen molar-refractivity contribution in [2.24, 2.45) is 0 Å². The van der Waals surface area contributed by atoms with Crippen molar-refractivity contribution >= 4 is 27.5 Å². The van der Waals surface area contributed by atoms with E-state index in [1.807, 2.05) is 70.2 Å². The van der Waals surface area contributed by atoms with Gasteiger partial charge in [0.1, 0.15) is 18.4 Å². The molecule has 0 saturated heterocycles. The molecule has 4 rings (SSSR count). The molecule has 0 heterocycles. The molecule has 45 heavy (non-hydrogen) atoms. The average molecular weight is 630 g/mol. The number of nitrogens with one attached hydrogen (secondary N) is 1. The minimum atomic E-state index is -4.20. The van der Waals surface area contributed by atoms with E-state index in [0.29, 0.717) is 17.7 Å². The van der Waals surface area contributed by atoms with Gasteiger partial charge in [-0.05, 0) is 74.2 Å². The molecule has 0 aliphatic rings. The van der Waals surface area contributed by atoms with Crippen LogP contribution in [0.1, 0.15) is 43.0 Å². The van der Waals surface area contributed by atoms with Gasteiger partial charge in [-0.2, -0.15) is 0 Å². The molecular weight excluding hydrogens is 589 g/mol. The van der Waals surface area contributed by atoms with Crippen LogP contribution in [-0.2, 0) is 39.0 Å². The summed E-state index contributed by atoms with van der Waals surface area (Å²) in [5.41, 5.74) is 3.48. The summed E-state index contributed by atoms with van der Waals surface area (Å²) in [5.74, 6) is -1.37. The van der Waals surface area contributed by atoms with Crippen LogP contribution in [0.15, 0.2) is 108 Å². The summed E-state index contributed by atoms with van der Waals surface area (Å²) >= 11 is 0. The number of hydrogen-bond donors (Lipinski definition) is 1. The normalized spacial score (nSPS) is 12.0. The molecular formula is C36H40FN3O4S. The number of aryl methyl sites for hydroxylation is 2. The number of para-hydroxylation sites is 1. The lowest BCUT2D eigenvalue weighted by atomic mass is 10.0. The molecule has 0 bridgehead atoms. The number of nitrogens with zero attached hydrogens (tertiary/aromatic N) is 2. The lowest BCUT2D eigenvalue weighted by Gasteiger charge is -2.34. The largest absolute Gasteiger partial charge is 0.352 e. The lowest BCUT2D eigenvalue weighted by molar-refractivity contribution is -0.140. The van der Waals surface area contributed by atoms with Gasteiger partial charge in [-0.15, -0.1) is 0 Å². The maximum Gasteiger partial charge on any atom is 0.264 e. The van der Waals surface area contributed by atoms with Crippen molar-refractivity contribution in [3.05, 3.63) is 131 Å². The van der Waals surface area contributed by atoms with Gasteiger partial charge in [0.15, 0.2) is 0 Å². The number of amides is 2. The van der Waals surface area contributed by atoms with Crippen LogP contribution in [0.2, 0.25) is 0 Å². The minimum absolute atomic E-state index is 0.0318. The number of anilines is 1. The quantitative estimate of drug-likeness (QED) is 0.195. The molecule has 0 aromatic heterocycles. The van der Waals surface area contributed by atoms with Gasteiger partial charge in [0.25, 0.3) is 10.0 Å². The highest BCUT2D eigenvalue weighted by atomic mass is 32.2. The Balaban J connectivity index is 1.83. The van der Waals surface area contributed by atoms with Crippen molar-refractivity contribution in [2.75, 3.05) is 10.8 Å². The van der Waals surface area contributed by atoms with E-state index in [9.17, 15) is 22.4 Å². The fourth-order valence-electron chi connectivity index (χ4n) is 5.13. The Morgan fingerprint density at radius 2 is 1.44 bits per heavy atom. The van der Waals surface area contributed by atoms with E-state index < -0.39 is 34.3 Å². The third-order valence-electron chi connectivity index (χ3n) is 7.50. The Labute approximate surface area is 265 Å². The van der Waals surface area contributed by atoms with Crippen LogP contribution in [0.25, 0.3) is 0 Å². The van der Waals surface area contributed by atoms with Crippen LogP contribution in [-0.4, -0.2) is 43.8 Å². The first-order valence-electron chi connectivity index (χ1n) is 15.0. The van der Waals surface area contributed by atoms with Crippen molar-refractivity contribution in [1.82, 2.24) is 10.2 Å². The molecule has 0 spiro atoms. The summed E-state index contributed by atoms with van der Waals surface area (Å²) in [6.45, 7) is 6.88. The highest BCUT2D eigenvalue weighted by molar-refractivity contribution is 7.92. The van der Waals surface area contributed by atoms with E-state index in [1.54, 1.807) is 36.4 Å². The molecule has 4 aromatic rings. The van der Waals surface area contributed by atoms with Crippen LogP contribution >= 0.6 is 0 Å². The number of carbonyl (C=O) groups excluding carboxylic acids is 2.